The number of hydrogen-bond donors (Lipinski definition) is 0. The summed E-state index contributed by atoms with van der Waals surface area (Å²) < 4.78 is 50.6. The Hall–Kier alpha value is -2.85. The van der Waals surface area contributed by atoms with Crippen LogP contribution in [0.15, 0.2) is 67.3 Å². The fraction of sp³-hybridized carbons (Fsp3) is 0.394. The van der Waals surface area contributed by atoms with Gasteiger partial charge in [0.25, 0.3) is 0 Å². The first-order chi connectivity index (χ1) is 18.0. The Morgan fingerprint density at radius 1 is 0.811 bits per heavy atom. The van der Waals surface area contributed by atoms with Crippen molar-refractivity contribution in [2.24, 2.45) is 5.92 Å². The first-order valence-electron chi connectivity index (χ1n) is 13.6. The number of hydrogen-bond acceptors (Lipinski definition) is 1. The summed E-state index contributed by atoms with van der Waals surface area (Å²) in [5.41, 5.74) is 3.20. The van der Waals surface area contributed by atoms with Gasteiger partial charge in [-0.1, -0.05) is 93.6 Å². The van der Waals surface area contributed by atoms with Crippen molar-refractivity contribution >= 4 is 0 Å². The van der Waals surface area contributed by atoms with Gasteiger partial charge in [-0.2, -0.15) is 0 Å². The third kappa shape index (κ3) is 6.73. The van der Waals surface area contributed by atoms with Crippen LogP contribution in [0.4, 0.5) is 13.2 Å². The van der Waals surface area contributed by atoms with Gasteiger partial charge in [0.15, 0.2) is 11.6 Å². The standard InChI is InChI=1S/C33H37F3O/c1-3-5-6-7-8-9-10-26-16-19-29(33(36)32(26)35)25-14-12-24(13-15-25)28-18-17-27(21-30(28)34)31-20-11-23(4-2)22-37-31/h4,12-19,21,23,31H,2-3,5-11,20,22H2,1H3. The molecule has 0 radical (unpaired) electrons. The predicted octanol–water partition coefficient (Wildman–Crippen LogP) is 9.99. The first kappa shape index (κ1) is 27.2. The summed E-state index contributed by atoms with van der Waals surface area (Å²) >= 11 is 0. The quantitative estimate of drug-likeness (QED) is 0.186. The van der Waals surface area contributed by atoms with Crippen LogP contribution in [0.3, 0.4) is 0 Å². The van der Waals surface area contributed by atoms with Crippen molar-refractivity contribution in [3.8, 4) is 22.3 Å². The molecule has 1 nitrogen and oxygen atoms in total. The van der Waals surface area contributed by atoms with Crippen LogP contribution in [-0.4, -0.2) is 6.61 Å². The molecule has 1 saturated heterocycles. The lowest BCUT2D eigenvalue weighted by atomic mass is 9.93. The molecule has 0 spiro atoms. The third-order valence-electron chi connectivity index (χ3n) is 7.48. The highest BCUT2D eigenvalue weighted by molar-refractivity contribution is 5.71. The van der Waals surface area contributed by atoms with Gasteiger partial charge in [-0.15, -0.1) is 6.58 Å². The van der Waals surface area contributed by atoms with E-state index in [-0.39, 0.29) is 17.5 Å². The molecule has 37 heavy (non-hydrogen) atoms. The number of ether oxygens (including phenoxy) is 1. The van der Waals surface area contributed by atoms with Crippen LogP contribution in [0.1, 0.15) is 75.5 Å². The Bertz CT molecular complexity index is 1180. The van der Waals surface area contributed by atoms with Crippen LogP contribution >= 0.6 is 0 Å². The van der Waals surface area contributed by atoms with Gasteiger partial charge in [-0.05, 0) is 54.0 Å². The lowest BCUT2D eigenvalue weighted by Gasteiger charge is -2.27. The van der Waals surface area contributed by atoms with E-state index < -0.39 is 11.6 Å². The summed E-state index contributed by atoms with van der Waals surface area (Å²) in [7, 11) is 0. The maximum absolute atomic E-state index is 15.0. The summed E-state index contributed by atoms with van der Waals surface area (Å²) in [4.78, 5) is 0. The SMILES string of the molecule is C=CC1CCC(c2ccc(-c3ccc(-c4ccc(CCCCCCCC)c(F)c4F)cc3)c(F)c2)OC1. The van der Waals surface area contributed by atoms with Gasteiger partial charge in [0.1, 0.15) is 5.82 Å². The van der Waals surface area contributed by atoms with E-state index in [0.29, 0.717) is 41.2 Å². The molecule has 4 rings (SSSR count). The molecular formula is C33H37F3O. The lowest BCUT2D eigenvalue weighted by Crippen LogP contribution is -2.19. The van der Waals surface area contributed by atoms with Crippen LogP contribution in [0.2, 0.25) is 0 Å². The van der Waals surface area contributed by atoms with Crippen molar-refractivity contribution in [1.82, 2.24) is 0 Å². The normalized spacial score (nSPS) is 17.6. The molecule has 0 saturated carbocycles. The molecule has 1 heterocycles. The lowest BCUT2D eigenvalue weighted by molar-refractivity contribution is -0.00528. The minimum absolute atomic E-state index is 0.107. The molecule has 1 fully saturated rings. The molecule has 3 aromatic rings. The second-order valence-corrected chi connectivity index (χ2v) is 10.1. The molecule has 1 aliphatic rings. The molecular weight excluding hydrogens is 469 g/mol. The van der Waals surface area contributed by atoms with Crippen LogP contribution in [0, 0.1) is 23.4 Å². The van der Waals surface area contributed by atoms with Gasteiger partial charge in [0.05, 0.1) is 12.7 Å². The van der Waals surface area contributed by atoms with E-state index in [1.165, 1.54) is 19.3 Å². The predicted molar refractivity (Wildman–Crippen MR) is 146 cm³/mol. The Kier molecular flexibility index (Phi) is 9.62. The zero-order valence-corrected chi connectivity index (χ0v) is 21.7. The smallest absolute Gasteiger partial charge is 0.166 e. The monoisotopic (exact) mass is 506 g/mol. The number of halogens is 3. The number of unbranched alkanes of at least 4 members (excludes halogenated alkanes) is 5. The Balaban J connectivity index is 1.42. The van der Waals surface area contributed by atoms with E-state index in [1.807, 2.05) is 12.1 Å². The van der Waals surface area contributed by atoms with Crippen LogP contribution in [0.5, 0.6) is 0 Å². The highest BCUT2D eigenvalue weighted by Crippen LogP contribution is 2.34. The summed E-state index contributed by atoms with van der Waals surface area (Å²) in [5.74, 6) is -1.55. The Labute approximate surface area is 219 Å². The van der Waals surface area contributed by atoms with E-state index >= 15 is 4.39 Å². The topological polar surface area (TPSA) is 9.23 Å². The average Bonchev–Trinajstić information content (AvgIpc) is 2.93. The second kappa shape index (κ2) is 13.1. The highest BCUT2D eigenvalue weighted by atomic mass is 19.2. The number of benzene rings is 3. The number of aryl methyl sites for hydroxylation is 1. The molecule has 2 atom stereocenters. The molecule has 196 valence electrons. The summed E-state index contributed by atoms with van der Waals surface area (Å²) in [6, 6.07) is 15.5. The zero-order valence-electron chi connectivity index (χ0n) is 21.7. The van der Waals surface area contributed by atoms with E-state index in [1.54, 1.807) is 48.5 Å². The van der Waals surface area contributed by atoms with Crippen molar-refractivity contribution in [1.29, 1.82) is 0 Å². The van der Waals surface area contributed by atoms with Crippen molar-refractivity contribution < 1.29 is 17.9 Å². The van der Waals surface area contributed by atoms with Crippen molar-refractivity contribution in [2.45, 2.75) is 70.8 Å². The van der Waals surface area contributed by atoms with Crippen molar-refractivity contribution in [3.63, 3.8) is 0 Å². The molecule has 0 amide bonds. The maximum Gasteiger partial charge on any atom is 0.166 e. The van der Waals surface area contributed by atoms with Crippen molar-refractivity contribution in [2.75, 3.05) is 6.61 Å². The first-order valence-corrected chi connectivity index (χ1v) is 13.6. The summed E-state index contributed by atoms with van der Waals surface area (Å²) in [5, 5.41) is 0. The van der Waals surface area contributed by atoms with E-state index in [0.717, 1.165) is 37.7 Å². The molecule has 1 aliphatic heterocycles. The number of rotatable bonds is 11. The highest BCUT2D eigenvalue weighted by Gasteiger charge is 2.22. The van der Waals surface area contributed by atoms with Gasteiger partial charge in [-0.3, -0.25) is 0 Å². The van der Waals surface area contributed by atoms with Gasteiger partial charge >= 0.3 is 0 Å². The average molecular weight is 507 g/mol. The van der Waals surface area contributed by atoms with Crippen LogP contribution in [-0.2, 0) is 11.2 Å². The Morgan fingerprint density at radius 2 is 1.49 bits per heavy atom. The van der Waals surface area contributed by atoms with Gasteiger partial charge in [0, 0.05) is 17.0 Å². The van der Waals surface area contributed by atoms with E-state index in [9.17, 15) is 8.78 Å². The van der Waals surface area contributed by atoms with Gasteiger partial charge in [0.2, 0.25) is 0 Å². The molecule has 0 aromatic heterocycles. The molecule has 0 N–H and O–H groups in total. The van der Waals surface area contributed by atoms with Gasteiger partial charge in [-0.25, -0.2) is 13.2 Å². The maximum atomic E-state index is 15.0. The van der Waals surface area contributed by atoms with Crippen LogP contribution in [0.25, 0.3) is 22.3 Å². The molecule has 3 aromatic carbocycles. The second-order valence-electron chi connectivity index (χ2n) is 10.1. The van der Waals surface area contributed by atoms with Gasteiger partial charge < -0.3 is 4.74 Å². The molecule has 2 unspecified atom stereocenters. The summed E-state index contributed by atoms with van der Waals surface area (Å²) in [6.45, 7) is 6.60. The fourth-order valence-electron chi connectivity index (χ4n) is 5.12. The largest absolute Gasteiger partial charge is 0.373 e. The molecule has 4 heteroatoms. The third-order valence-corrected chi connectivity index (χ3v) is 7.48. The fourth-order valence-corrected chi connectivity index (χ4v) is 5.12. The minimum Gasteiger partial charge on any atom is -0.373 e. The molecule has 0 bridgehead atoms. The van der Waals surface area contributed by atoms with Crippen molar-refractivity contribution in [3.05, 3.63) is 95.8 Å². The van der Waals surface area contributed by atoms with Crippen LogP contribution < -0.4 is 0 Å². The minimum atomic E-state index is -0.821. The molecule has 0 aliphatic carbocycles. The zero-order chi connectivity index (χ0) is 26.2. The summed E-state index contributed by atoms with van der Waals surface area (Å²) in [6.07, 6.45) is 10.8. The van der Waals surface area contributed by atoms with E-state index in [4.69, 9.17) is 4.74 Å². The van der Waals surface area contributed by atoms with E-state index in [2.05, 4.69) is 13.5 Å². The Morgan fingerprint density at radius 3 is 2.14 bits per heavy atom.